The van der Waals surface area contributed by atoms with Crippen molar-refractivity contribution in [2.24, 2.45) is 0 Å². The Balaban J connectivity index is 3.46. The molecule has 0 saturated carbocycles. The van der Waals surface area contributed by atoms with Crippen LogP contribution in [0.3, 0.4) is 0 Å². The lowest BCUT2D eigenvalue weighted by Crippen LogP contribution is -2.16. The molecule has 1 N–H and O–H groups in total. The average Bonchev–Trinajstić information content (AvgIpc) is 2.18. The predicted octanol–water partition coefficient (Wildman–Crippen LogP) is 3.74. The Kier molecular flexibility index (Phi) is 4.21. The first-order chi connectivity index (χ1) is 7.77. The van der Waals surface area contributed by atoms with E-state index in [1.807, 2.05) is 13.0 Å². The van der Waals surface area contributed by atoms with E-state index in [0.717, 1.165) is 22.4 Å². The van der Waals surface area contributed by atoms with Crippen molar-refractivity contribution in [3.05, 3.63) is 28.8 Å². The van der Waals surface area contributed by atoms with Crippen LogP contribution in [0.2, 0.25) is 0 Å². The van der Waals surface area contributed by atoms with Crippen LogP contribution >= 0.6 is 0 Å². The van der Waals surface area contributed by atoms with Crippen LogP contribution in [0.5, 0.6) is 5.75 Å². The van der Waals surface area contributed by atoms with Crippen molar-refractivity contribution in [3.8, 4) is 5.75 Å². The number of benzene rings is 1. The molecule has 17 heavy (non-hydrogen) atoms. The Bertz CT molecular complexity index is 387. The smallest absolute Gasteiger partial charge is 0.128 e. The molecule has 2 heteroatoms. The molecule has 1 aromatic rings. The van der Waals surface area contributed by atoms with Gasteiger partial charge in [-0.2, -0.15) is 0 Å². The molecule has 1 atom stereocenters. The van der Waals surface area contributed by atoms with E-state index in [4.69, 9.17) is 4.74 Å². The highest BCUT2D eigenvalue weighted by Gasteiger charge is 2.23. The van der Waals surface area contributed by atoms with E-state index >= 15 is 0 Å². The van der Waals surface area contributed by atoms with Gasteiger partial charge >= 0.3 is 0 Å². The van der Waals surface area contributed by atoms with E-state index in [1.54, 1.807) is 6.92 Å². The van der Waals surface area contributed by atoms with Crippen LogP contribution in [-0.2, 0) is 5.41 Å². The maximum atomic E-state index is 9.87. The quantitative estimate of drug-likeness (QED) is 0.866. The fourth-order valence-electron chi connectivity index (χ4n) is 1.97. The van der Waals surface area contributed by atoms with Crippen LogP contribution in [0.15, 0.2) is 12.1 Å². The second kappa shape index (κ2) is 5.09. The van der Waals surface area contributed by atoms with Gasteiger partial charge in [0.2, 0.25) is 0 Å². The molecule has 1 aromatic carbocycles. The van der Waals surface area contributed by atoms with Crippen molar-refractivity contribution in [2.45, 2.75) is 53.1 Å². The summed E-state index contributed by atoms with van der Waals surface area (Å²) in [5.74, 6) is 0.848. The topological polar surface area (TPSA) is 29.5 Å². The maximum absolute atomic E-state index is 9.87. The van der Waals surface area contributed by atoms with Crippen LogP contribution in [0.4, 0.5) is 0 Å². The van der Waals surface area contributed by atoms with Gasteiger partial charge in [-0.3, -0.25) is 0 Å². The highest BCUT2D eigenvalue weighted by Crippen LogP contribution is 2.37. The third-order valence-corrected chi connectivity index (χ3v) is 2.81. The van der Waals surface area contributed by atoms with Crippen LogP contribution in [-0.4, -0.2) is 11.7 Å². The minimum absolute atomic E-state index is 0.0141. The lowest BCUT2D eigenvalue weighted by molar-refractivity contribution is 0.191. The number of aliphatic hydroxyl groups excluding tert-OH is 1. The third-order valence-electron chi connectivity index (χ3n) is 2.81. The molecule has 0 fully saturated rings. The third kappa shape index (κ3) is 3.22. The Labute approximate surface area is 105 Å². The number of aliphatic hydroxyl groups is 1. The number of hydrogen-bond acceptors (Lipinski definition) is 2. The Hall–Kier alpha value is -1.02. The summed E-state index contributed by atoms with van der Waals surface area (Å²) in [6.07, 6.45) is -0.502. The molecule has 0 bridgehead atoms. The minimum Gasteiger partial charge on any atom is -0.493 e. The van der Waals surface area contributed by atoms with Crippen LogP contribution in [0.1, 0.15) is 57.4 Å². The van der Waals surface area contributed by atoms with Crippen LogP contribution in [0.25, 0.3) is 0 Å². The summed E-state index contributed by atoms with van der Waals surface area (Å²) in [7, 11) is 0. The summed E-state index contributed by atoms with van der Waals surface area (Å²) in [6.45, 7) is 12.9. The van der Waals surface area contributed by atoms with Gasteiger partial charge in [0.05, 0.1) is 12.7 Å². The van der Waals surface area contributed by atoms with Gasteiger partial charge in [-0.05, 0) is 32.3 Å². The fraction of sp³-hybridized carbons (Fsp3) is 0.600. The zero-order valence-electron chi connectivity index (χ0n) is 11.8. The van der Waals surface area contributed by atoms with Crippen LogP contribution in [0, 0.1) is 6.92 Å². The average molecular weight is 236 g/mol. The normalized spacial score (nSPS) is 13.6. The Morgan fingerprint density at radius 1 is 1.29 bits per heavy atom. The van der Waals surface area contributed by atoms with Crippen molar-refractivity contribution in [2.75, 3.05) is 6.61 Å². The SMILES string of the molecule is CCOc1c(C(C)O)cc(C)cc1C(C)(C)C. The second-order valence-corrected chi connectivity index (χ2v) is 5.59. The van der Waals surface area contributed by atoms with Gasteiger partial charge in [-0.15, -0.1) is 0 Å². The first-order valence-corrected chi connectivity index (χ1v) is 6.23. The molecule has 0 heterocycles. The molecule has 0 saturated heterocycles. The lowest BCUT2D eigenvalue weighted by Gasteiger charge is -2.26. The molecule has 96 valence electrons. The van der Waals surface area contributed by atoms with Gasteiger partial charge in [0, 0.05) is 11.1 Å². The van der Waals surface area contributed by atoms with Crippen molar-refractivity contribution in [3.63, 3.8) is 0 Å². The molecule has 0 aliphatic heterocycles. The summed E-state index contributed by atoms with van der Waals surface area (Å²) < 4.78 is 5.75. The molecular formula is C15H24O2. The van der Waals surface area contributed by atoms with Gasteiger partial charge in [0.15, 0.2) is 0 Å². The fourth-order valence-corrected chi connectivity index (χ4v) is 1.97. The van der Waals surface area contributed by atoms with Gasteiger partial charge in [0.25, 0.3) is 0 Å². The molecule has 0 aliphatic carbocycles. The standard InChI is InChI=1S/C15H24O2/c1-7-17-14-12(11(3)16)8-10(2)9-13(14)15(4,5)6/h8-9,11,16H,7H2,1-6H3. The summed E-state index contributed by atoms with van der Waals surface area (Å²) >= 11 is 0. The van der Waals surface area contributed by atoms with E-state index in [2.05, 4.69) is 33.8 Å². The van der Waals surface area contributed by atoms with E-state index in [9.17, 15) is 5.11 Å². The van der Waals surface area contributed by atoms with Crippen molar-refractivity contribution < 1.29 is 9.84 Å². The van der Waals surface area contributed by atoms with Crippen molar-refractivity contribution >= 4 is 0 Å². The van der Waals surface area contributed by atoms with Crippen molar-refractivity contribution in [1.82, 2.24) is 0 Å². The molecule has 0 amide bonds. The summed E-state index contributed by atoms with van der Waals surface area (Å²) in [5.41, 5.74) is 3.22. The predicted molar refractivity (Wildman–Crippen MR) is 71.7 cm³/mol. The first kappa shape index (κ1) is 14.0. The molecule has 0 radical (unpaired) electrons. The Morgan fingerprint density at radius 3 is 2.29 bits per heavy atom. The van der Waals surface area contributed by atoms with E-state index < -0.39 is 6.10 Å². The monoisotopic (exact) mass is 236 g/mol. The lowest BCUT2D eigenvalue weighted by atomic mass is 9.83. The second-order valence-electron chi connectivity index (χ2n) is 5.59. The number of ether oxygens (including phenoxy) is 1. The molecule has 1 unspecified atom stereocenters. The number of hydrogen-bond donors (Lipinski definition) is 1. The molecule has 0 aliphatic rings. The Morgan fingerprint density at radius 2 is 1.88 bits per heavy atom. The zero-order chi connectivity index (χ0) is 13.2. The molecule has 1 rings (SSSR count). The van der Waals surface area contributed by atoms with Gasteiger partial charge in [0.1, 0.15) is 5.75 Å². The van der Waals surface area contributed by atoms with Gasteiger partial charge < -0.3 is 9.84 Å². The number of aryl methyl sites for hydroxylation is 1. The first-order valence-electron chi connectivity index (χ1n) is 6.23. The largest absolute Gasteiger partial charge is 0.493 e. The minimum atomic E-state index is -0.502. The van der Waals surface area contributed by atoms with Gasteiger partial charge in [-0.25, -0.2) is 0 Å². The summed E-state index contributed by atoms with van der Waals surface area (Å²) in [4.78, 5) is 0. The van der Waals surface area contributed by atoms with Crippen molar-refractivity contribution in [1.29, 1.82) is 0 Å². The van der Waals surface area contributed by atoms with E-state index in [-0.39, 0.29) is 5.41 Å². The van der Waals surface area contributed by atoms with E-state index in [1.165, 1.54) is 0 Å². The summed E-state index contributed by atoms with van der Waals surface area (Å²) in [5, 5.41) is 9.87. The highest BCUT2D eigenvalue weighted by molar-refractivity contribution is 5.48. The molecule has 0 aromatic heterocycles. The van der Waals surface area contributed by atoms with Gasteiger partial charge in [-0.1, -0.05) is 32.4 Å². The van der Waals surface area contributed by atoms with Crippen LogP contribution < -0.4 is 4.74 Å². The molecule has 2 nitrogen and oxygen atoms in total. The molecule has 0 spiro atoms. The molecular weight excluding hydrogens is 212 g/mol. The van der Waals surface area contributed by atoms with E-state index in [0.29, 0.717) is 6.61 Å². The zero-order valence-corrected chi connectivity index (χ0v) is 11.8. The summed E-state index contributed by atoms with van der Waals surface area (Å²) in [6, 6.07) is 4.15. The number of rotatable bonds is 3. The highest BCUT2D eigenvalue weighted by atomic mass is 16.5. The maximum Gasteiger partial charge on any atom is 0.128 e.